The third-order valence-electron chi connectivity index (χ3n) is 2.91. The van der Waals surface area contributed by atoms with Gasteiger partial charge in [0.25, 0.3) is 0 Å². The molecular formula is C11H23NOS. The molecule has 0 aromatic carbocycles. The van der Waals surface area contributed by atoms with E-state index in [1.807, 2.05) is 7.05 Å². The van der Waals surface area contributed by atoms with Gasteiger partial charge in [0, 0.05) is 17.9 Å². The lowest BCUT2D eigenvalue weighted by Crippen LogP contribution is -2.21. The summed E-state index contributed by atoms with van der Waals surface area (Å²) in [7, 11) is 2.03. The summed E-state index contributed by atoms with van der Waals surface area (Å²) in [6.45, 7) is 5.40. The minimum atomic E-state index is 0.474. The highest BCUT2D eigenvalue weighted by Gasteiger charge is 2.23. The van der Waals surface area contributed by atoms with Gasteiger partial charge in [-0.15, -0.1) is 0 Å². The van der Waals surface area contributed by atoms with Gasteiger partial charge in [0.2, 0.25) is 0 Å². The molecule has 0 aromatic rings. The lowest BCUT2D eigenvalue weighted by Gasteiger charge is -2.14. The molecule has 1 N–H and O–H groups in total. The number of nitrogens with one attached hydrogen (secondary N) is 1. The second kappa shape index (κ2) is 6.70. The number of hydrogen-bond acceptors (Lipinski definition) is 3. The van der Waals surface area contributed by atoms with E-state index in [2.05, 4.69) is 30.9 Å². The first kappa shape index (κ1) is 12.3. The van der Waals surface area contributed by atoms with Crippen LogP contribution in [0.3, 0.4) is 0 Å². The molecule has 0 amide bonds. The smallest absolute Gasteiger partial charge is 0.0666 e. The van der Waals surface area contributed by atoms with Crippen molar-refractivity contribution in [2.45, 2.75) is 50.5 Å². The molecule has 1 saturated heterocycles. The molecule has 0 aliphatic carbocycles. The van der Waals surface area contributed by atoms with Gasteiger partial charge in [-0.1, -0.05) is 0 Å². The Balaban J connectivity index is 1.98. The summed E-state index contributed by atoms with van der Waals surface area (Å²) in [6, 6.07) is 0.660. The fourth-order valence-corrected chi connectivity index (χ4v) is 2.95. The predicted octanol–water partition coefficient (Wildman–Crippen LogP) is 2.29. The molecule has 1 aliphatic rings. The van der Waals surface area contributed by atoms with Gasteiger partial charge in [-0.05, 0) is 45.9 Å². The van der Waals surface area contributed by atoms with Gasteiger partial charge in [-0.3, -0.25) is 0 Å². The van der Waals surface area contributed by atoms with Gasteiger partial charge >= 0.3 is 0 Å². The summed E-state index contributed by atoms with van der Waals surface area (Å²) in [6.07, 6.45) is 4.32. The van der Waals surface area contributed by atoms with Crippen molar-refractivity contribution in [2.75, 3.05) is 19.4 Å². The van der Waals surface area contributed by atoms with Crippen molar-refractivity contribution in [1.82, 2.24) is 5.32 Å². The Kier molecular flexibility index (Phi) is 5.90. The summed E-state index contributed by atoms with van der Waals surface area (Å²) in [5.74, 6) is 1.28. The van der Waals surface area contributed by atoms with Crippen LogP contribution in [0.15, 0.2) is 0 Å². The van der Waals surface area contributed by atoms with Gasteiger partial charge in [0.1, 0.15) is 0 Å². The highest BCUT2D eigenvalue weighted by atomic mass is 32.2. The van der Waals surface area contributed by atoms with E-state index in [-0.39, 0.29) is 0 Å². The van der Waals surface area contributed by atoms with E-state index in [0.29, 0.717) is 12.1 Å². The second-order valence-corrected chi connectivity index (χ2v) is 5.45. The van der Waals surface area contributed by atoms with Gasteiger partial charge in [0.05, 0.1) is 6.10 Å². The van der Waals surface area contributed by atoms with Crippen LogP contribution in [-0.4, -0.2) is 36.8 Å². The fraction of sp³-hybridized carbons (Fsp3) is 1.00. The molecule has 1 heterocycles. The third-order valence-corrected chi connectivity index (χ3v) is 4.48. The van der Waals surface area contributed by atoms with Crippen LogP contribution in [0.5, 0.6) is 0 Å². The second-order valence-electron chi connectivity index (χ2n) is 4.11. The number of hydrogen-bond donors (Lipinski definition) is 1. The van der Waals surface area contributed by atoms with Crippen LogP contribution in [0.25, 0.3) is 0 Å². The van der Waals surface area contributed by atoms with Crippen LogP contribution in [0.4, 0.5) is 0 Å². The Labute approximate surface area is 92.2 Å². The number of rotatable bonds is 6. The molecule has 3 atom stereocenters. The van der Waals surface area contributed by atoms with Gasteiger partial charge < -0.3 is 10.1 Å². The van der Waals surface area contributed by atoms with Gasteiger partial charge in [-0.25, -0.2) is 0 Å². The van der Waals surface area contributed by atoms with Gasteiger partial charge in [-0.2, -0.15) is 11.8 Å². The topological polar surface area (TPSA) is 21.3 Å². The van der Waals surface area contributed by atoms with E-state index in [9.17, 15) is 0 Å². The van der Waals surface area contributed by atoms with E-state index in [4.69, 9.17) is 4.74 Å². The Bertz CT molecular complexity index is 154. The van der Waals surface area contributed by atoms with Crippen molar-refractivity contribution in [3.63, 3.8) is 0 Å². The molecule has 1 fully saturated rings. The van der Waals surface area contributed by atoms with E-state index < -0.39 is 0 Å². The molecule has 2 nitrogen and oxygen atoms in total. The van der Waals surface area contributed by atoms with E-state index in [0.717, 1.165) is 11.9 Å². The predicted molar refractivity (Wildman–Crippen MR) is 64.0 cm³/mol. The monoisotopic (exact) mass is 217 g/mol. The lowest BCUT2D eigenvalue weighted by atomic mass is 10.2. The molecule has 3 unspecified atom stereocenters. The average Bonchev–Trinajstić information content (AvgIpc) is 2.58. The molecule has 1 aliphatic heterocycles. The highest BCUT2D eigenvalue weighted by Crippen LogP contribution is 2.26. The first-order valence-electron chi connectivity index (χ1n) is 5.64. The Morgan fingerprint density at radius 2 is 2.36 bits per heavy atom. The minimum Gasteiger partial charge on any atom is -0.377 e. The maximum Gasteiger partial charge on any atom is 0.0666 e. The van der Waals surface area contributed by atoms with E-state index in [1.165, 1.54) is 25.0 Å². The quantitative estimate of drug-likeness (QED) is 0.690. The van der Waals surface area contributed by atoms with Crippen LogP contribution < -0.4 is 5.32 Å². The summed E-state index contributed by atoms with van der Waals surface area (Å²) in [5, 5.41) is 4.02. The van der Waals surface area contributed by atoms with Crippen LogP contribution in [-0.2, 0) is 4.74 Å². The van der Waals surface area contributed by atoms with Crippen LogP contribution in [0.1, 0.15) is 33.1 Å². The van der Waals surface area contributed by atoms with E-state index in [1.54, 1.807) is 0 Å². The molecule has 3 heteroatoms. The largest absolute Gasteiger partial charge is 0.377 e. The molecule has 0 spiro atoms. The first-order chi connectivity index (χ1) is 6.74. The van der Waals surface area contributed by atoms with Gasteiger partial charge in [0.15, 0.2) is 0 Å². The van der Waals surface area contributed by atoms with Crippen molar-refractivity contribution < 1.29 is 4.74 Å². The maximum absolute atomic E-state index is 5.53. The highest BCUT2D eigenvalue weighted by molar-refractivity contribution is 7.99. The van der Waals surface area contributed by atoms with Crippen LogP contribution >= 0.6 is 11.8 Å². The molecule has 0 saturated carbocycles. The molecule has 14 heavy (non-hydrogen) atoms. The molecular weight excluding hydrogens is 194 g/mol. The van der Waals surface area contributed by atoms with E-state index >= 15 is 0 Å². The Morgan fingerprint density at radius 3 is 2.93 bits per heavy atom. The molecule has 1 rings (SSSR count). The zero-order chi connectivity index (χ0) is 10.4. The summed E-state index contributed by atoms with van der Waals surface area (Å²) >= 11 is 2.09. The average molecular weight is 217 g/mol. The SMILES string of the molecule is CNC(C)CCCSC1CCOC1C. The fourth-order valence-electron chi connectivity index (χ4n) is 1.70. The van der Waals surface area contributed by atoms with Crippen molar-refractivity contribution in [2.24, 2.45) is 0 Å². The summed E-state index contributed by atoms with van der Waals surface area (Å²) in [5.41, 5.74) is 0. The first-order valence-corrected chi connectivity index (χ1v) is 6.69. The van der Waals surface area contributed by atoms with Crippen LogP contribution in [0, 0.1) is 0 Å². The Hall–Kier alpha value is 0.270. The molecule has 0 bridgehead atoms. The standard InChI is InChI=1S/C11H23NOS/c1-9(12-3)5-4-8-14-11-6-7-13-10(11)2/h9-12H,4-8H2,1-3H3. The number of thioether (sulfide) groups is 1. The summed E-state index contributed by atoms with van der Waals surface area (Å²) in [4.78, 5) is 0. The molecule has 84 valence electrons. The minimum absolute atomic E-state index is 0.474. The third kappa shape index (κ3) is 4.20. The lowest BCUT2D eigenvalue weighted by molar-refractivity contribution is 0.127. The zero-order valence-corrected chi connectivity index (χ0v) is 10.4. The Morgan fingerprint density at radius 1 is 1.57 bits per heavy atom. The van der Waals surface area contributed by atoms with Crippen molar-refractivity contribution in [3.05, 3.63) is 0 Å². The van der Waals surface area contributed by atoms with Crippen molar-refractivity contribution in [1.29, 1.82) is 0 Å². The zero-order valence-electron chi connectivity index (χ0n) is 9.58. The summed E-state index contributed by atoms with van der Waals surface area (Å²) < 4.78 is 5.53. The van der Waals surface area contributed by atoms with Crippen LogP contribution in [0.2, 0.25) is 0 Å². The normalized spacial score (nSPS) is 29.4. The molecule has 0 aromatic heterocycles. The van der Waals surface area contributed by atoms with Crippen molar-refractivity contribution in [3.8, 4) is 0 Å². The maximum atomic E-state index is 5.53. The molecule has 0 radical (unpaired) electrons. The van der Waals surface area contributed by atoms with Crippen molar-refractivity contribution >= 4 is 11.8 Å². The number of ether oxygens (including phenoxy) is 1.